The van der Waals surface area contributed by atoms with E-state index in [-0.39, 0.29) is 11.3 Å². The molecule has 0 fully saturated rings. The van der Waals surface area contributed by atoms with Gasteiger partial charge in [-0.2, -0.15) is 0 Å². The number of rotatable bonds is 3. The minimum atomic E-state index is -0.415. The maximum Gasteiger partial charge on any atom is 0.337 e. The standard InChI is InChI=1S/C21H21NO3/c1-21(2)13-16-6-4-5-7-17(16)18(22-21)12-19(23)14-8-10-15(11-9-14)20(24)25-3/h4-12,22H,13H2,1-3H3. The molecule has 1 aliphatic heterocycles. The largest absolute Gasteiger partial charge is 0.465 e. The van der Waals surface area contributed by atoms with Gasteiger partial charge in [-0.1, -0.05) is 36.4 Å². The third-order valence-corrected chi connectivity index (χ3v) is 4.28. The smallest absolute Gasteiger partial charge is 0.337 e. The number of esters is 1. The van der Waals surface area contributed by atoms with Gasteiger partial charge < -0.3 is 10.1 Å². The van der Waals surface area contributed by atoms with Crippen molar-refractivity contribution in [1.82, 2.24) is 5.32 Å². The Morgan fingerprint density at radius 3 is 2.36 bits per heavy atom. The topological polar surface area (TPSA) is 55.4 Å². The van der Waals surface area contributed by atoms with E-state index in [4.69, 9.17) is 0 Å². The van der Waals surface area contributed by atoms with Gasteiger partial charge in [0.1, 0.15) is 0 Å². The molecule has 0 saturated carbocycles. The van der Waals surface area contributed by atoms with E-state index in [1.54, 1.807) is 30.3 Å². The molecule has 1 heterocycles. The zero-order valence-electron chi connectivity index (χ0n) is 14.6. The number of nitrogens with one attached hydrogen (secondary N) is 1. The van der Waals surface area contributed by atoms with E-state index in [0.29, 0.717) is 11.1 Å². The summed E-state index contributed by atoms with van der Waals surface area (Å²) in [5.74, 6) is -0.520. The molecule has 0 amide bonds. The van der Waals surface area contributed by atoms with Crippen LogP contribution in [0, 0.1) is 0 Å². The minimum Gasteiger partial charge on any atom is -0.465 e. The van der Waals surface area contributed by atoms with Crippen molar-refractivity contribution in [3.8, 4) is 0 Å². The van der Waals surface area contributed by atoms with Crippen LogP contribution in [0.1, 0.15) is 45.7 Å². The number of carbonyl (C=O) groups excluding carboxylic acids is 2. The van der Waals surface area contributed by atoms with E-state index in [0.717, 1.165) is 17.7 Å². The molecule has 2 aromatic rings. The summed E-state index contributed by atoms with van der Waals surface area (Å²) in [5, 5.41) is 3.45. The number of fused-ring (bicyclic) bond motifs is 1. The molecule has 0 atom stereocenters. The molecule has 0 aromatic heterocycles. The first-order chi connectivity index (χ1) is 11.9. The summed E-state index contributed by atoms with van der Waals surface area (Å²) < 4.78 is 4.67. The van der Waals surface area contributed by atoms with Crippen molar-refractivity contribution in [1.29, 1.82) is 0 Å². The van der Waals surface area contributed by atoms with Crippen LogP contribution >= 0.6 is 0 Å². The van der Waals surface area contributed by atoms with Gasteiger partial charge in [-0.25, -0.2) is 4.79 Å². The quantitative estimate of drug-likeness (QED) is 0.529. The lowest BCUT2D eigenvalue weighted by Gasteiger charge is -2.35. The van der Waals surface area contributed by atoms with Gasteiger partial charge in [-0.05, 0) is 38.0 Å². The SMILES string of the molecule is COC(=O)c1ccc(C(=O)C=C2NC(C)(C)Cc3ccccc32)cc1. The van der Waals surface area contributed by atoms with Gasteiger partial charge in [-0.15, -0.1) is 0 Å². The number of ether oxygens (including phenoxy) is 1. The van der Waals surface area contributed by atoms with Crippen LogP contribution in [0.4, 0.5) is 0 Å². The van der Waals surface area contributed by atoms with Crippen molar-refractivity contribution in [2.75, 3.05) is 7.11 Å². The number of allylic oxidation sites excluding steroid dienone is 1. The van der Waals surface area contributed by atoms with E-state index in [2.05, 4.69) is 30.0 Å². The number of hydrogen-bond acceptors (Lipinski definition) is 4. The molecular formula is C21H21NO3. The molecule has 3 rings (SSSR count). The summed E-state index contributed by atoms with van der Waals surface area (Å²) in [4.78, 5) is 24.1. The lowest BCUT2D eigenvalue weighted by Crippen LogP contribution is -2.43. The predicted molar refractivity (Wildman–Crippen MR) is 97.4 cm³/mol. The highest BCUT2D eigenvalue weighted by Crippen LogP contribution is 2.29. The van der Waals surface area contributed by atoms with Crippen LogP contribution in [-0.2, 0) is 11.2 Å². The van der Waals surface area contributed by atoms with E-state index in [9.17, 15) is 9.59 Å². The van der Waals surface area contributed by atoms with Gasteiger partial charge in [0.15, 0.2) is 5.78 Å². The third-order valence-electron chi connectivity index (χ3n) is 4.28. The van der Waals surface area contributed by atoms with Gasteiger partial charge in [-0.3, -0.25) is 4.79 Å². The van der Waals surface area contributed by atoms with E-state index >= 15 is 0 Å². The Bertz CT molecular complexity index is 848. The summed E-state index contributed by atoms with van der Waals surface area (Å²) >= 11 is 0. The maximum absolute atomic E-state index is 12.7. The van der Waals surface area contributed by atoms with Gasteiger partial charge >= 0.3 is 5.97 Å². The fourth-order valence-electron chi connectivity index (χ4n) is 3.11. The van der Waals surface area contributed by atoms with Gasteiger partial charge in [0.05, 0.1) is 12.7 Å². The number of ketones is 1. The molecule has 2 aromatic carbocycles. The molecule has 25 heavy (non-hydrogen) atoms. The average molecular weight is 335 g/mol. The van der Waals surface area contributed by atoms with Crippen molar-refractivity contribution in [2.24, 2.45) is 0 Å². The maximum atomic E-state index is 12.7. The zero-order valence-corrected chi connectivity index (χ0v) is 14.6. The molecular weight excluding hydrogens is 314 g/mol. The van der Waals surface area contributed by atoms with E-state index in [1.165, 1.54) is 12.7 Å². The lowest BCUT2D eigenvalue weighted by atomic mass is 9.85. The van der Waals surface area contributed by atoms with Crippen LogP contribution in [0.15, 0.2) is 54.6 Å². The van der Waals surface area contributed by atoms with E-state index in [1.807, 2.05) is 18.2 Å². The van der Waals surface area contributed by atoms with Crippen molar-refractivity contribution in [2.45, 2.75) is 25.8 Å². The molecule has 0 saturated heterocycles. The molecule has 0 aliphatic carbocycles. The Labute approximate surface area is 147 Å². The summed E-state index contributed by atoms with van der Waals surface area (Å²) in [6.45, 7) is 4.23. The van der Waals surface area contributed by atoms with Crippen LogP contribution in [0.3, 0.4) is 0 Å². The van der Waals surface area contributed by atoms with Crippen molar-refractivity contribution >= 4 is 17.4 Å². The Morgan fingerprint density at radius 2 is 1.68 bits per heavy atom. The molecule has 0 spiro atoms. The van der Waals surface area contributed by atoms with Gasteiger partial charge in [0.25, 0.3) is 0 Å². The highest BCUT2D eigenvalue weighted by molar-refractivity contribution is 6.09. The number of benzene rings is 2. The minimum absolute atomic E-state index is 0.105. The average Bonchev–Trinajstić information content (AvgIpc) is 2.60. The van der Waals surface area contributed by atoms with Crippen LogP contribution in [0.5, 0.6) is 0 Å². The first kappa shape index (κ1) is 17.0. The first-order valence-corrected chi connectivity index (χ1v) is 8.20. The molecule has 1 aliphatic rings. The van der Waals surface area contributed by atoms with Crippen molar-refractivity contribution < 1.29 is 14.3 Å². The third kappa shape index (κ3) is 3.63. The van der Waals surface area contributed by atoms with Crippen molar-refractivity contribution in [3.63, 3.8) is 0 Å². The molecule has 128 valence electrons. The molecule has 0 bridgehead atoms. The normalized spacial score (nSPS) is 16.7. The Kier molecular flexibility index (Phi) is 4.45. The van der Waals surface area contributed by atoms with E-state index < -0.39 is 5.97 Å². The van der Waals surface area contributed by atoms with Crippen LogP contribution in [0.2, 0.25) is 0 Å². The molecule has 1 N–H and O–H groups in total. The van der Waals surface area contributed by atoms with Gasteiger partial charge in [0.2, 0.25) is 0 Å². The second kappa shape index (κ2) is 6.55. The zero-order chi connectivity index (χ0) is 18.0. The first-order valence-electron chi connectivity index (χ1n) is 8.20. The summed E-state index contributed by atoms with van der Waals surface area (Å²) in [7, 11) is 1.33. The second-order valence-corrected chi connectivity index (χ2v) is 6.83. The molecule has 0 radical (unpaired) electrons. The Balaban J connectivity index is 1.92. The highest BCUT2D eigenvalue weighted by Gasteiger charge is 2.27. The highest BCUT2D eigenvalue weighted by atomic mass is 16.5. The number of methoxy groups -OCH3 is 1. The van der Waals surface area contributed by atoms with Gasteiger partial charge in [0, 0.05) is 28.4 Å². The number of carbonyl (C=O) groups is 2. The monoisotopic (exact) mass is 335 g/mol. The van der Waals surface area contributed by atoms with Crippen molar-refractivity contribution in [3.05, 3.63) is 76.9 Å². The van der Waals surface area contributed by atoms with Crippen LogP contribution in [0.25, 0.3) is 5.70 Å². The summed E-state index contributed by atoms with van der Waals surface area (Å²) in [6.07, 6.45) is 2.54. The predicted octanol–water partition coefficient (Wildman–Crippen LogP) is 3.62. The number of hydrogen-bond donors (Lipinski definition) is 1. The Morgan fingerprint density at radius 1 is 1.04 bits per heavy atom. The fourth-order valence-corrected chi connectivity index (χ4v) is 3.11. The second-order valence-electron chi connectivity index (χ2n) is 6.83. The fraction of sp³-hybridized carbons (Fsp3) is 0.238. The summed E-state index contributed by atoms with van der Waals surface area (Å²) in [5.41, 5.74) is 3.95. The van der Waals surface area contributed by atoms with Crippen LogP contribution < -0.4 is 5.32 Å². The Hall–Kier alpha value is -2.88. The summed E-state index contributed by atoms with van der Waals surface area (Å²) in [6, 6.07) is 14.6. The lowest BCUT2D eigenvalue weighted by molar-refractivity contribution is 0.0600. The molecule has 4 nitrogen and oxygen atoms in total. The molecule has 0 unspecified atom stereocenters. The van der Waals surface area contributed by atoms with Crippen LogP contribution in [-0.4, -0.2) is 24.4 Å². The molecule has 4 heteroatoms.